The fraction of sp³-hybridized carbons (Fsp3) is 0.286. The summed E-state index contributed by atoms with van der Waals surface area (Å²) >= 11 is 1.55. The number of thioether (sulfide) groups is 1. The minimum absolute atomic E-state index is 0.00613. The van der Waals surface area contributed by atoms with Gasteiger partial charge in [0.25, 0.3) is 0 Å². The number of fused-ring (bicyclic) bond motifs is 3. The predicted octanol–water partition coefficient (Wildman–Crippen LogP) is 2.83. The van der Waals surface area contributed by atoms with Crippen molar-refractivity contribution in [2.45, 2.75) is 12.8 Å². The van der Waals surface area contributed by atoms with Gasteiger partial charge in [0.2, 0.25) is 11.8 Å². The molecule has 5 nitrogen and oxygen atoms in total. The maximum atomic E-state index is 12.6. The molecule has 0 radical (unpaired) electrons. The molecule has 0 spiro atoms. The maximum absolute atomic E-state index is 12.6. The van der Waals surface area contributed by atoms with Crippen LogP contribution in [0.15, 0.2) is 47.5 Å². The monoisotopic (exact) mass is 377 g/mol. The van der Waals surface area contributed by atoms with Gasteiger partial charge in [-0.25, -0.2) is 0 Å². The van der Waals surface area contributed by atoms with Crippen molar-refractivity contribution < 1.29 is 9.59 Å². The van der Waals surface area contributed by atoms with Gasteiger partial charge in [0.05, 0.1) is 12.5 Å². The molecule has 1 atom stereocenters. The molecule has 0 unspecified atom stereocenters. The van der Waals surface area contributed by atoms with Crippen molar-refractivity contribution in [1.29, 1.82) is 0 Å². The van der Waals surface area contributed by atoms with Gasteiger partial charge in [0, 0.05) is 24.4 Å². The van der Waals surface area contributed by atoms with E-state index in [-0.39, 0.29) is 24.2 Å². The van der Waals surface area contributed by atoms with Gasteiger partial charge in [-0.1, -0.05) is 42.1 Å². The summed E-state index contributed by atoms with van der Waals surface area (Å²) in [5, 5.41) is 3.54. The lowest BCUT2D eigenvalue weighted by molar-refractivity contribution is -0.125. The number of nitrogens with one attached hydrogen (secondary N) is 1. The number of benzene rings is 2. The van der Waals surface area contributed by atoms with E-state index in [9.17, 15) is 9.59 Å². The van der Waals surface area contributed by atoms with E-state index in [0.717, 1.165) is 24.4 Å². The average molecular weight is 377 g/mol. The molecule has 2 heterocycles. The zero-order chi connectivity index (χ0) is 18.4. The van der Waals surface area contributed by atoms with Gasteiger partial charge in [-0.15, -0.1) is 0 Å². The average Bonchev–Trinajstić information content (AvgIpc) is 3.39. The number of carbonyl (C=O) groups excluding carboxylic acids is 2. The highest BCUT2D eigenvalue weighted by Gasteiger charge is 2.36. The van der Waals surface area contributed by atoms with Gasteiger partial charge < -0.3 is 10.2 Å². The van der Waals surface area contributed by atoms with E-state index in [0.29, 0.717) is 11.7 Å². The van der Waals surface area contributed by atoms with Crippen molar-refractivity contribution in [2.75, 3.05) is 23.7 Å². The third-order valence-electron chi connectivity index (χ3n) is 5.40. The topological polar surface area (TPSA) is 61.8 Å². The van der Waals surface area contributed by atoms with Crippen LogP contribution in [0.3, 0.4) is 0 Å². The number of amidine groups is 1. The Morgan fingerprint density at radius 2 is 2.00 bits per heavy atom. The molecule has 136 valence electrons. The van der Waals surface area contributed by atoms with Crippen molar-refractivity contribution in [1.82, 2.24) is 5.32 Å². The summed E-state index contributed by atoms with van der Waals surface area (Å²) in [5.74, 6) is 0.481. The molecule has 1 N–H and O–H groups in total. The first kappa shape index (κ1) is 16.6. The van der Waals surface area contributed by atoms with Crippen LogP contribution in [0.5, 0.6) is 0 Å². The van der Waals surface area contributed by atoms with Gasteiger partial charge in [-0.2, -0.15) is 0 Å². The van der Waals surface area contributed by atoms with Crippen LogP contribution >= 0.6 is 11.8 Å². The number of rotatable bonds is 2. The minimum Gasteiger partial charge on any atom is -0.312 e. The zero-order valence-corrected chi connectivity index (χ0v) is 15.6. The van der Waals surface area contributed by atoms with Crippen LogP contribution in [0.1, 0.15) is 17.5 Å². The largest absolute Gasteiger partial charge is 0.312 e. The highest BCUT2D eigenvalue weighted by molar-refractivity contribution is 8.14. The third-order valence-corrected chi connectivity index (χ3v) is 6.29. The van der Waals surface area contributed by atoms with Gasteiger partial charge in [-0.05, 0) is 40.8 Å². The molecule has 2 amide bonds. The molecule has 2 aromatic carbocycles. The van der Waals surface area contributed by atoms with Crippen molar-refractivity contribution in [3.63, 3.8) is 0 Å². The molecule has 6 heteroatoms. The van der Waals surface area contributed by atoms with Gasteiger partial charge >= 0.3 is 0 Å². The Morgan fingerprint density at radius 3 is 2.85 bits per heavy atom. The van der Waals surface area contributed by atoms with Crippen molar-refractivity contribution in [2.24, 2.45) is 10.9 Å². The van der Waals surface area contributed by atoms with Crippen LogP contribution < -0.4 is 10.2 Å². The van der Waals surface area contributed by atoms with Gasteiger partial charge in [0.15, 0.2) is 5.17 Å². The van der Waals surface area contributed by atoms with E-state index in [4.69, 9.17) is 0 Å². The summed E-state index contributed by atoms with van der Waals surface area (Å²) in [5.41, 5.74) is 5.97. The minimum atomic E-state index is -0.327. The molecule has 1 fully saturated rings. The molecule has 2 aliphatic heterocycles. The summed E-state index contributed by atoms with van der Waals surface area (Å²) in [6.45, 7) is 1.17. The summed E-state index contributed by atoms with van der Waals surface area (Å²) in [6.07, 6.45) is 1.14. The van der Waals surface area contributed by atoms with E-state index < -0.39 is 0 Å². The lowest BCUT2D eigenvalue weighted by Gasteiger charge is -2.18. The number of anilines is 1. The molecular formula is C21H19N3O2S. The summed E-state index contributed by atoms with van der Waals surface area (Å²) < 4.78 is 0. The molecular weight excluding hydrogens is 358 g/mol. The number of hydrogen-bond acceptors (Lipinski definition) is 4. The van der Waals surface area contributed by atoms with E-state index in [1.54, 1.807) is 16.7 Å². The first-order valence-corrected chi connectivity index (χ1v) is 10.2. The van der Waals surface area contributed by atoms with E-state index in [1.807, 2.05) is 6.07 Å². The Hall–Kier alpha value is -2.60. The van der Waals surface area contributed by atoms with Crippen molar-refractivity contribution in [3.8, 4) is 11.1 Å². The highest BCUT2D eigenvalue weighted by atomic mass is 32.2. The molecule has 5 rings (SSSR count). The van der Waals surface area contributed by atoms with E-state index in [1.165, 1.54) is 22.3 Å². The Bertz CT molecular complexity index is 985. The molecule has 0 saturated carbocycles. The number of nitrogens with zero attached hydrogens (tertiary/aromatic N) is 2. The van der Waals surface area contributed by atoms with Gasteiger partial charge in [0.1, 0.15) is 0 Å². The molecule has 3 aliphatic rings. The molecule has 0 aromatic heterocycles. The van der Waals surface area contributed by atoms with Crippen LogP contribution in [-0.4, -0.2) is 35.8 Å². The Kier molecular flexibility index (Phi) is 4.01. The molecule has 1 aliphatic carbocycles. The Morgan fingerprint density at radius 1 is 1.15 bits per heavy atom. The van der Waals surface area contributed by atoms with Crippen LogP contribution in [0.4, 0.5) is 5.69 Å². The second kappa shape index (κ2) is 6.53. The van der Waals surface area contributed by atoms with Crippen molar-refractivity contribution >= 4 is 34.4 Å². The summed E-state index contributed by atoms with van der Waals surface area (Å²) in [7, 11) is 0. The van der Waals surface area contributed by atoms with Gasteiger partial charge in [-0.3, -0.25) is 14.6 Å². The second-order valence-corrected chi connectivity index (χ2v) is 8.19. The van der Waals surface area contributed by atoms with Crippen LogP contribution in [0, 0.1) is 5.92 Å². The summed E-state index contributed by atoms with van der Waals surface area (Å²) in [4.78, 5) is 31.0. The van der Waals surface area contributed by atoms with Crippen LogP contribution in [0.2, 0.25) is 0 Å². The fourth-order valence-electron chi connectivity index (χ4n) is 4.05. The first-order valence-electron chi connectivity index (χ1n) is 9.19. The number of aliphatic imine (C=N–C) groups is 1. The fourth-order valence-corrected chi connectivity index (χ4v) is 4.78. The predicted molar refractivity (Wildman–Crippen MR) is 108 cm³/mol. The molecule has 1 saturated heterocycles. The Balaban J connectivity index is 1.34. The lowest BCUT2D eigenvalue weighted by Crippen LogP contribution is -2.35. The second-order valence-electron chi connectivity index (χ2n) is 7.11. The standard InChI is InChI=1S/C21H19N3O2S/c25-19-11-15(20(26)23-21-22-7-8-27-21)12-24(19)16-5-6-18-14(10-16)9-13-3-1-2-4-17(13)18/h1-6,10,15H,7-9,11-12H2,(H,22,23,26)/t15-/m1/s1. The number of amides is 2. The van der Waals surface area contributed by atoms with E-state index in [2.05, 4.69) is 46.7 Å². The van der Waals surface area contributed by atoms with Crippen LogP contribution in [-0.2, 0) is 16.0 Å². The third kappa shape index (κ3) is 2.94. The lowest BCUT2D eigenvalue weighted by atomic mass is 10.1. The van der Waals surface area contributed by atoms with E-state index >= 15 is 0 Å². The zero-order valence-electron chi connectivity index (χ0n) is 14.8. The number of hydrogen-bond donors (Lipinski definition) is 1. The maximum Gasteiger partial charge on any atom is 0.231 e. The number of carbonyl (C=O) groups is 2. The molecule has 0 bridgehead atoms. The normalized spacial score (nSPS) is 20.4. The van der Waals surface area contributed by atoms with Crippen LogP contribution in [0.25, 0.3) is 11.1 Å². The quantitative estimate of drug-likeness (QED) is 0.747. The SMILES string of the molecule is O=C(NC1=NCCS1)[C@@H]1CC(=O)N(c2ccc3c(c2)Cc2ccccc2-3)C1. The van der Waals surface area contributed by atoms with Crippen molar-refractivity contribution in [3.05, 3.63) is 53.6 Å². The first-order chi connectivity index (χ1) is 13.2. The Labute approximate surface area is 161 Å². The molecule has 2 aromatic rings. The smallest absolute Gasteiger partial charge is 0.231 e. The highest BCUT2D eigenvalue weighted by Crippen LogP contribution is 2.39. The molecule has 27 heavy (non-hydrogen) atoms. The summed E-state index contributed by atoms with van der Waals surface area (Å²) in [6, 6.07) is 14.6.